The average molecular weight is 473 g/mol. The normalized spacial score (nSPS) is 12.8. The van der Waals surface area contributed by atoms with Crippen molar-refractivity contribution in [3.63, 3.8) is 0 Å². The number of amides is 2. The summed E-state index contributed by atoms with van der Waals surface area (Å²) in [5, 5.41) is 14.5. The minimum atomic E-state index is -1.05. The first-order valence-corrected chi connectivity index (χ1v) is 11.7. The van der Waals surface area contributed by atoms with Gasteiger partial charge in [0.1, 0.15) is 12.6 Å². The minimum absolute atomic E-state index is 0.00764. The van der Waals surface area contributed by atoms with Crippen molar-refractivity contribution < 1.29 is 24.2 Å². The number of nitrogens with one attached hydrogen (secondary N) is 2. The number of rotatable bonds is 9. The van der Waals surface area contributed by atoms with Crippen molar-refractivity contribution in [1.29, 1.82) is 0 Å². The van der Waals surface area contributed by atoms with Gasteiger partial charge >= 0.3 is 12.1 Å². The Morgan fingerprint density at radius 3 is 2.23 bits per heavy atom. The summed E-state index contributed by atoms with van der Waals surface area (Å²) in [6, 6.07) is 22.2. The number of hydrogen-bond donors (Lipinski definition) is 3. The van der Waals surface area contributed by atoms with Crippen LogP contribution >= 0.6 is 0 Å². The zero-order valence-corrected chi connectivity index (χ0v) is 19.5. The molecule has 1 atom stereocenters. The summed E-state index contributed by atoms with van der Waals surface area (Å²) < 4.78 is 5.58. The molecule has 0 saturated carbocycles. The van der Waals surface area contributed by atoms with E-state index in [1.54, 1.807) is 24.3 Å². The number of carbonyl (C=O) groups excluding carboxylic acids is 2. The fourth-order valence-electron chi connectivity index (χ4n) is 4.49. The summed E-state index contributed by atoms with van der Waals surface area (Å²) in [5.41, 5.74) is 5.74. The number of benzene rings is 3. The third kappa shape index (κ3) is 5.69. The van der Waals surface area contributed by atoms with Crippen LogP contribution in [0.5, 0.6) is 0 Å². The average Bonchev–Trinajstić information content (AvgIpc) is 3.16. The molecule has 3 aromatic carbocycles. The second-order valence-corrected chi connectivity index (χ2v) is 8.57. The van der Waals surface area contributed by atoms with Gasteiger partial charge in [0.2, 0.25) is 5.91 Å². The van der Waals surface area contributed by atoms with Crippen molar-refractivity contribution in [2.24, 2.45) is 0 Å². The third-order valence-corrected chi connectivity index (χ3v) is 6.09. The Hall–Kier alpha value is -4.13. The van der Waals surface area contributed by atoms with Gasteiger partial charge in [-0.25, -0.2) is 9.59 Å². The first-order chi connectivity index (χ1) is 17.0. The highest BCUT2D eigenvalue weighted by molar-refractivity contribution is 5.87. The zero-order valence-electron chi connectivity index (χ0n) is 19.5. The van der Waals surface area contributed by atoms with E-state index in [-0.39, 0.29) is 24.9 Å². The van der Waals surface area contributed by atoms with E-state index >= 15 is 0 Å². The Balaban J connectivity index is 1.35. The van der Waals surface area contributed by atoms with Crippen LogP contribution in [0.2, 0.25) is 0 Å². The fourth-order valence-corrected chi connectivity index (χ4v) is 4.49. The first kappa shape index (κ1) is 24.0. The molecule has 4 rings (SSSR count). The summed E-state index contributed by atoms with van der Waals surface area (Å²) in [6.45, 7) is 2.07. The van der Waals surface area contributed by atoms with Crippen LogP contribution in [0.1, 0.15) is 42.4 Å². The van der Waals surface area contributed by atoms with Crippen molar-refractivity contribution >= 4 is 23.7 Å². The molecule has 0 radical (unpaired) electrons. The largest absolute Gasteiger partial charge is 0.480 e. The molecule has 3 N–H and O–H groups in total. The molecule has 0 aromatic heterocycles. The van der Waals surface area contributed by atoms with E-state index in [0.717, 1.165) is 22.3 Å². The van der Waals surface area contributed by atoms with Crippen molar-refractivity contribution in [2.75, 3.05) is 11.9 Å². The first-order valence-electron chi connectivity index (χ1n) is 11.7. The van der Waals surface area contributed by atoms with Gasteiger partial charge in [0.15, 0.2) is 0 Å². The van der Waals surface area contributed by atoms with E-state index in [1.807, 2.05) is 31.2 Å². The van der Waals surface area contributed by atoms with Crippen LogP contribution in [-0.4, -0.2) is 35.7 Å². The molecule has 35 heavy (non-hydrogen) atoms. The molecule has 1 aliphatic rings. The predicted molar refractivity (Wildman–Crippen MR) is 133 cm³/mol. The molecule has 7 nitrogen and oxygen atoms in total. The quantitative estimate of drug-likeness (QED) is 0.408. The number of carbonyl (C=O) groups is 3. The lowest BCUT2D eigenvalue weighted by Crippen LogP contribution is -2.41. The number of hydrogen-bond acceptors (Lipinski definition) is 4. The van der Waals surface area contributed by atoms with Crippen LogP contribution in [0.4, 0.5) is 10.5 Å². The van der Waals surface area contributed by atoms with E-state index in [0.29, 0.717) is 24.1 Å². The van der Waals surface area contributed by atoms with Crippen molar-refractivity contribution in [2.45, 2.75) is 38.1 Å². The van der Waals surface area contributed by atoms with Gasteiger partial charge < -0.3 is 15.2 Å². The Kier molecular flexibility index (Phi) is 7.45. The predicted octanol–water partition coefficient (Wildman–Crippen LogP) is 4.96. The van der Waals surface area contributed by atoms with E-state index in [2.05, 4.69) is 34.9 Å². The standard InChI is InChI=1S/C28H28N2O5/c1-2-8-25(27(32)33)30-26(31)16-18-9-7-10-19(15-18)29-28(34)35-17-24-22-13-5-3-11-20(22)21-12-4-6-14-23(21)24/h3-7,9-15,24-25H,2,8,16-17H2,1H3,(H,29,34)(H,30,31)(H,32,33). The van der Waals surface area contributed by atoms with Crippen LogP contribution in [0.25, 0.3) is 11.1 Å². The van der Waals surface area contributed by atoms with Gasteiger partial charge in [0.05, 0.1) is 6.42 Å². The number of aliphatic carboxylic acids is 1. The molecule has 0 bridgehead atoms. The maximum Gasteiger partial charge on any atom is 0.411 e. The van der Waals surface area contributed by atoms with Crippen molar-refractivity contribution in [3.8, 4) is 11.1 Å². The lowest BCUT2D eigenvalue weighted by Gasteiger charge is -2.15. The second kappa shape index (κ2) is 10.9. The van der Waals surface area contributed by atoms with Gasteiger partial charge in [-0.1, -0.05) is 74.0 Å². The summed E-state index contributed by atoms with van der Waals surface area (Å²) >= 11 is 0. The highest BCUT2D eigenvalue weighted by atomic mass is 16.5. The lowest BCUT2D eigenvalue weighted by atomic mass is 9.98. The van der Waals surface area contributed by atoms with E-state index < -0.39 is 18.1 Å². The number of fused-ring (bicyclic) bond motifs is 3. The van der Waals surface area contributed by atoms with Gasteiger partial charge in [0.25, 0.3) is 0 Å². The maximum atomic E-state index is 12.5. The Labute approximate surface area is 204 Å². The molecular formula is C28H28N2O5. The highest BCUT2D eigenvalue weighted by Gasteiger charge is 2.29. The maximum absolute atomic E-state index is 12.5. The molecule has 2 amide bonds. The van der Waals surface area contributed by atoms with Crippen molar-refractivity contribution in [1.82, 2.24) is 5.32 Å². The molecule has 0 saturated heterocycles. The smallest absolute Gasteiger partial charge is 0.411 e. The van der Waals surface area contributed by atoms with Gasteiger partial charge in [-0.05, 0) is 46.4 Å². The second-order valence-electron chi connectivity index (χ2n) is 8.57. The SMILES string of the molecule is CCCC(NC(=O)Cc1cccc(NC(=O)OCC2c3ccccc3-c3ccccc32)c1)C(=O)O. The van der Waals surface area contributed by atoms with Crippen LogP contribution in [0, 0.1) is 0 Å². The number of carboxylic acids is 1. The van der Waals surface area contributed by atoms with Gasteiger partial charge in [0, 0.05) is 11.6 Å². The van der Waals surface area contributed by atoms with Crippen LogP contribution in [0.3, 0.4) is 0 Å². The van der Waals surface area contributed by atoms with Crippen LogP contribution < -0.4 is 10.6 Å². The monoisotopic (exact) mass is 472 g/mol. The summed E-state index contributed by atoms with van der Waals surface area (Å²) in [4.78, 5) is 36.1. The molecular weight excluding hydrogens is 444 g/mol. The van der Waals surface area contributed by atoms with Gasteiger partial charge in [-0.3, -0.25) is 10.1 Å². The Bertz CT molecular complexity index is 1190. The molecule has 3 aromatic rings. The lowest BCUT2D eigenvalue weighted by molar-refractivity contribution is -0.141. The van der Waals surface area contributed by atoms with E-state index in [4.69, 9.17) is 4.74 Å². The molecule has 0 spiro atoms. The number of anilines is 1. The number of carboxylic acid groups (broad SMARTS) is 1. The number of ether oxygens (including phenoxy) is 1. The summed E-state index contributed by atoms with van der Waals surface area (Å²) in [6.07, 6.45) is 0.442. The molecule has 7 heteroatoms. The molecule has 0 aliphatic heterocycles. The fraction of sp³-hybridized carbons (Fsp3) is 0.250. The van der Waals surface area contributed by atoms with E-state index in [9.17, 15) is 19.5 Å². The van der Waals surface area contributed by atoms with Crippen LogP contribution in [0.15, 0.2) is 72.8 Å². The molecule has 1 unspecified atom stereocenters. The van der Waals surface area contributed by atoms with Gasteiger partial charge in [-0.15, -0.1) is 0 Å². The molecule has 180 valence electrons. The van der Waals surface area contributed by atoms with Gasteiger partial charge in [-0.2, -0.15) is 0 Å². The van der Waals surface area contributed by atoms with Crippen molar-refractivity contribution in [3.05, 3.63) is 89.5 Å². The summed E-state index contributed by atoms with van der Waals surface area (Å²) in [5.74, 6) is -1.47. The molecule has 0 heterocycles. The highest BCUT2D eigenvalue weighted by Crippen LogP contribution is 2.44. The molecule has 1 aliphatic carbocycles. The zero-order chi connectivity index (χ0) is 24.8. The minimum Gasteiger partial charge on any atom is -0.480 e. The Morgan fingerprint density at radius 1 is 0.943 bits per heavy atom. The van der Waals surface area contributed by atoms with Crippen LogP contribution in [-0.2, 0) is 20.7 Å². The topological polar surface area (TPSA) is 105 Å². The Morgan fingerprint density at radius 2 is 1.60 bits per heavy atom. The summed E-state index contributed by atoms with van der Waals surface area (Å²) in [7, 11) is 0. The van der Waals surface area contributed by atoms with E-state index in [1.165, 1.54) is 0 Å². The molecule has 0 fully saturated rings. The third-order valence-electron chi connectivity index (χ3n) is 6.09.